The second-order valence-electron chi connectivity index (χ2n) is 6.68. The Morgan fingerprint density at radius 1 is 1.22 bits per heavy atom. The second-order valence-corrected chi connectivity index (χ2v) is 6.68. The van der Waals surface area contributed by atoms with Crippen molar-refractivity contribution in [3.05, 3.63) is 29.8 Å². The molecule has 0 aromatic heterocycles. The monoisotopic (exact) mass is 396 g/mol. The number of carbonyl (C=O) groups excluding carboxylic acids is 2. The summed E-state index contributed by atoms with van der Waals surface area (Å²) in [5.41, 5.74) is 0.460. The molecule has 2 saturated heterocycles. The van der Waals surface area contributed by atoms with Gasteiger partial charge in [0.1, 0.15) is 5.75 Å². The highest BCUT2D eigenvalue weighted by Crippen LogP contribution is 2.18. The van der Waals surface area contributed by atoms with Gasteiger partial charge < -0.3 is 20.3 Å². The lowest BCUT2D eigenvalue weighted by molar-refractivity contribution is -0.129. The van der Waals surface area contributed by atoms with Crippen molar-refractivity contribution < 1.29 is 14.3 Å². The van der Waals surface area contributed by atoms with Crippen molar-refractivity contribution in [1.82, 2.24) is 20.4 Å². The highest BCUT2D eigenvalue weighted by atomic mass is 35.5. The number of piperazine rings is 1. The molecule has 7 nitrogen and oxygen atoms in total. The van der Waals surface area contributed by atoms with Crippen molar-refractivity contribution in [2.75, 3.05) is 52.4 Å². The summed E-state index contributed by atoms with van der Waals surface area (Å²) >= 11 is 0. The van der Waals surface area contributed by atoms with Crippen molar-refractivity contribution in [2.45, 2.75) is 19.4 Å². The molecular weight excluding hydrogens is 368 g/mol. The van der Waals surface area contributed by atoms with Gasteiger partial charge in [-0.25, -0.2) is 0 Å². The molecule has 0 bridgehead atoms. The number of amides is 2. The minimum Gasteiger partial charge on any atom is -0.493 e. The maximum absolute atomic E-state index is 12.5. The molecule has 0 aliphatic carbocycles. The van der Waals surface area contributed by atoms with E-state index in [0.717, 1.165) is 45.7 Å². The van der Waals surface area contributed by atoms with E-state index in [0.29, 0.717) is 24.0 Å². The molecule has 27 heavy (non-hydrogen) atoms. The van der Waals surface area contributed by atoms with Crippen molar-refractivity contribution in [1.29, 1.82) is 0 Å². The van der Waals surface area contributed by atoms with Gasteiger partial charge in [-0.15, -0.1) is 12.4 Å². The maximum atomic E-state index is 12.5. The number of para-hydroxylation sites is 1. The highest BCUT2D eigenvalue weighted by molar-refractivity contribution is 5.98. The van der Waals surface area contributed by atoms with Crippen LogP contribution in [0.4, 0.5) is 0 Å². The second kappa shape index (κ2) is 10.5. The molecule has 1 aromatic carbocycles. The van der Waals surface area contributed by atoms with Crippen LogP contribution >= 0.6 is 12.4 Å². The van der Waals surface area contributed by atoms with Gasteiger partial charge >= 0.3 is 0 Å². The van der Waals surface area contributed by atoms with E-state index >= 15 is 0 Å². The molecule has 150 valence electrons. The van der Waals surface area contributed by atoms with Gasteiger partial charge in [-0.05, 0) is 25.5 Å². The first-order valence-corrected chi connectivity index (χ1v) is 9.41. The minimum atomic E-state index is -0.278. The van der Waals surface area contributed by atoms with Gasteiger partial charge in [0.15, 0.2) is 0 Å². The fourth-order valence-corrected chi connectivity index (χ4v) is 3.61. The summed E-state index contributed by atoms with van der Waals surface area (Å²) in [6.07, 6.45) is 1.01. The molecule has 2 heterocycles. The molecule has 3 rings (SSSR count). The van der Waals surface area contributed by atoms with Gasteiger partial charge in [0, 0.05) is 45.3 Å². The summed E-state index contributed by atoms with van der Waals surface area (Å²) in [4.78, 5) is 29.2. The van der Waals surface area contributed by atoms with Crippen LogP contribution in [0.15, 0.2) is 24.3 Å². The number of nitrogens with zero attached hydrogens (tertiary/aromatic N) is 2. The number of ether oxygens (including phenoxy) is 1. The Balaban J connectivity index is 0.00000261. The van der Waals surface area contributed by atoms with Crippen LogP contribution in [0.25, 0.3) is 0 Å². The summed E-state index contributed by atoms with van der Waals surface area (Å²) < 4.78 is 5.48. The lowest BCUT2D eigenvalue weighted by Crippen LogP contribution is -2.49. The molecule has 2 N–H and O–H groups in total. The molecule has 2 amide bonds. The summed E-state index contributed by atoms with van der Waals surface area (Å²) in [7, 11) is 0. The highest BCUT2D eigenvalue weighted by Gasteiger charge is 2.30. The van der Waals surface area contributed by atoms with Crippen LogP contribution in [0.3, 0.4) is 0 Å². The standard InChI is InChI=1S/C19H28N4O3.ClH/c1-2-26-17-6-4-3-5-16(17)19(25)21-13-18(24)23-10-7-15(14-23)22-11-8-20-9-12-22;/h3-6,15,20H,2,7-14H2,1H3,(H,21,25);1H. The lowest BCUT2D eigenvalue weighted by atomic mass is 10.2. The smallest absolute Gasteiger partial charge is 0.255 e. The normalized spacial score (nSPS) is 20.0. The van der Waals surface area contributed by atoms with Crippen LogP contribution in [0.1, 0.15) is 23.7 Å². The topological polar surface area (TPSA) is 73.9 Å². The minimum absolute atomic E-state index is 0. The van der Waals surface area contributed by atoms with Crippen molar-refractivity contribution in [2.24, 2.45) is 0 Å². The van der Waals surface area contributed by atoms with E-state index in [1.54, 1.807) is 18.2 Å². The lowest BCUT2D eigenvalue weighted by Gasteiger charge is -2.32. The zero-order valence-corrected chi connectivity index (χ0v) is 16.6. The predicted molar refractivity (Wildman–Crippen MR) is 107 cm³/mol. The van der Waals surface area contributed by atoms with Crippen molar-refractivity contribution in [3.8, 4) is 5.75 Å². The van der Waals surface area contributed by atoms with E-state index in [9.17, 15) is 9.59 Å². The zero-order chi connectivity index (χ0) is 18.4. The van der Waals surface area contributed by atoms with Crippen molar-refractivity contribution in [3.63, 3.8) is 0 Å². The number of nitrogens with one attached hydrogen (secondary N) is 2. The number of benzene rings is 1. The summed E-state index contributed by atoms with van der Waals surface area (Å²) in [6, 6.07) is 7.53. The average Bonchev–Trinajstić information content (AvgIpc) is 3.17. The van der Waals surface area contributed by atoms with Crippen LogP contribution in [0.5, 0.6) is 5.75 Å². The molecular formula is C19H29ClN4O3. The Labute approximate surface area is 166 Å². The Morgan fingerprint density at radius 2 is 1.96 bits per heavy atom. The molecule has 1 aromatic rings. The number of hydrogen-bond acceptors (Lipinski definition) is 5. The first kappa shape index (κ1) is 21.5. The SMILES string of the molecule is CCOc1ccccc1C(=O)NCC(=O)N1CCC(N2CCNCC2)C1.Cl. The summed E-state index contributed by atoms with van der Waals surface area (Å²) in [5.74, 6) is 0.241. The van der Waals surface area contributed by atoms with Gasteiger partial charge in [-0.3, -0.25) is 14.5 Å². The molecule has 1 unspecified atom stereocenters. The van der Waals surface area contributed by atoms with Gasteiger partial charge in [0.25, 0.3) is 5.91 Å². The van der Waals surface area contributed by atoms with E-state index < -0.39 is 0 Å². The van der Waals surface area contributed by atoms with Crippen molar-refractivity contribution >= 4 is 24.2 Å². The number of hydrogen-bond donors (Lipinski definition) is 2. The third-order valence-corrected chi connectivity index (χ3v) is 5.02. The Bertz CT molecular complexity index is 637. The van der Waals surface area contributed by atoms with Gasteiger partial charge in [-0.2, -0.15) is 0 Å². The molecule has 0 saturated carbocycles. The third-order valence-electron chi connectivity index (χ3n) is 5.02. The number of likely N-dealkylation sites (tertiary alicyclic amines) is 1. The summed E-state index contributed by atoms with van der Waals surface area (Å²) in [5, 5.41) is 6.09. The molecule has 2 aliphatic rings. The van der Waals surface area contributed by atoms with Gasteiger partial charge in [0.05, 0.1) is 18.7 Å². The maximum Gasteiger partial charge on any atom is 0.255 e. The van der Waals surface area contributed by atoms with Crippen LogP contribution in [0.2, 0.25) is 0 Å². The number of halogens is 1. The van der Waals surface area contributed by atoms with Crippen LogP contribution in [-0.4, -0.2) is 80.1 Å². The summed E-state index contributed by atoms with van der Waals surface area (Å²) in [6.45, 7) is 8.01. The van der Waals surface area contributed by atoms with Crippen LogP contribution in [-0.2, 0) is 4.79 Å². The van der Waals surface area contributed by atoms with Crippen LogP contribution in [0, 0.1) is 0 Å². The van der Waals surface area contributed by atoms with Gasteiger partial charge in [-0.1, -0.05) is 12.1 Å². The van der Waals surface area contributed by atoms with E-state index in [-0.39, 0.29) is 30.8 Å². The predicted octanol–water partition coefficient (Wildman–Crippen LogP) is 0.743. The first-order chi connectivity index (χ1) is 12.7. The van der Waals surface area contributed by atoms with E-state index in [1.165, 1.54) is 0 Å². The number of carbonyl (C=O) groups is 2. The molecule has 2 fully saturated rings. The Kier molecular flexibility index (Phi) is 8.34. The molecule has 2 aliphatic heterocycles. The Hall–Kier alpha value is -1.83. The van der Waals surface area contributed by atoms with E-state index in [2.05, 4.69) is 15.5 Å². The Morgan fingerprint density at radius 3 is 2.70 bits per heavy atom. The third kappa shape index (κ3) is 5.57. The first-order valence-electron chi connectivity index (χ1n) is 9.41. The zero-order valence-electron chi connectivity index (χ0n) is 15.8. The van der Waals surface area contributed by atoms with Gasteiger partial charge in [0.2, 0.25) is 5.91 Å². The molecule has 1 atom stereocenters. The van der Waals surface area contributed by atoms with E-state index in [1.807, 2.05) is 17.9 Å². The fourth-order valence-electron chi connectivity index (χ4n) is 3.61. The quantitative estimate of drug-likeness (QED) is 0.742. The average molecular weight is 397 g/mol. The molecule has 8 heteroatoms. The molecule has 0 radical (unpaired) electrons. The fraction of sp³-hybridized carbons (Fsp3) is 0.579. The largest absolute Gasteiger partial charge is 0.493 e. The van der Waals surface area contributed by atoms with E-state index in [4.69, 9.17) is 4.74 Å². The molecule has 0 spiro atoms. The number of rotatable bonds is 6. The van der Waals surface area contributed by atoms with Crippen LogP contribution < -0.4 is 15.4 Å².